The highest BCUT2D eigenvalue weighted by Gasteiger charge is 2.02. The van der Waals surface area contributed by atoms with E-state index in [1.807, 2.05) is 31.2 Å². The number of aliphatic hydroxyl groups is 1. The number of rotatable bonds is 4. The van der Waals surface area contributed by atoms with Crippen LogP contribution in [0.5, 0.6) is 0 Å². The van der Waals surface area contributed by atoms with Gasteiger partial charge in [0, 0.05) is 29.6 Å². The molecule has 1 aromatic carbocycles. The van der Waals surface area contributed by atoms with E-state index in [0.29, 0.717) is 6.42 Å². The molecule has 102 valence electrons. The van der Waals surface area contributed by atoms with Gasteiger partial charge < -0.3 is 5.11 Å². The summed E-state index contributed by atoms with van der Waals surface area (Å²) >= 11 is 1.60. The molecule has 0 fully saturated rings. The van der Waals surface area contributed by atoms with Gasteiger partial charge in [-0.15, -0.1) is 0 Å². The smallest absolute Gasteiger partial charge is 0.188 e. The third-order valence-corrected chi connectivity index (χ3v) is 3.52. The van der Waals surface area contributed by atoms with Crippen molar-refractivity contribution in [1.29, 1.82) is 0 Å². The average Bonchev–Trinajstić information content (AvgIpc) is 2.47. The summed E-state index contributed by atoms with van der Waals surface area (Å²) in [5.74, 6) is 6.84. The van der Waals surface area contributed by atoms with Gasteiger partial charge in [-0.25, -0.2) is 9.97 Å². The summed E-state index contributed by atoms with van der Waals surface area (Å²) in [5.41, 5.74) is 3.13. The Hall–Kier alpha value is -1.83. The number of aryl methyl sites for hydroxylation is 1. The van der Waals surface area contributed by atoms with E-state index in [9.17, 15) is 0 Å². The Bertz CT molecular complexity index is 632. The fourth-order valence-corrected chi connectivity index (χ4v) is 2.50. The molecular weight excluding hydrogens is 268 g/mol. The molecule has 0 saturated heterocycles. The number of hydrogen-bond donors (Lipinski definition) is 1. The third-order valence-electron chi connectivity index (χ3n) is 2.61. The Morgan fingerprint density at radius 3 is 2.90 bits per heavy atom. The monoisotopic (exact) mass is 284 g/mol. The Morgan fingerprint density at radius 2 is 2.10 bits per heavy atom. The van der Waals surface area contributed by atoms with Gasteiger partial charge >= 0.3 is 0 Å². The van der Waals surface area contributed by atoms with Crippen LogP contribution in [0.4, 0.5) is 0 Å². The average molecular weight is 284 g/mol. The maximum Gasteiger partial charge on any atom is 0.188 e. The van der Waals surface area contributed by atoms with Gasteiger partial charge in [-0.2, -0.15) is 0 Å². The standard InChI is InChI=1S/C16H16N2OS/c1-13-9-10-17-16(18-13)20-12-15-8-3-2-6-14(15)7-4-5-11-19/h2-3,6,8-10,19H,5,11-12H2,1H3. The van der Waals surface area contributed by atoms with Gasteiger partial charge in [-0.3, -0.25) is 0 Å². The van der Waals surface area contributed by atoms with Crippen molar-refractivity contribution < 1.29 is 5.11 Å². The summed E-state index contributed by atoms with van der Waals surface area (Å²) < 4.78 is 0. The lowest BCUT2D eigenvalue weighted by atomic mass is 10.1. The second kappa shape index (κ2) is 7.68. The summed E-state index contributed by atoms with van der Waals surface area (Å²) in [5, 5.41) is 9.55. The summed E-state index contributed by atoms with van der Waals surface area (Å²) in [6, 6.07) is 9.92. The summed E-state index contributed by atoms with van der Waals surface area (Å²) in [6.45, 7) is 2.06. The van der Waals surface area contributed by atoms with Crippen molar-refractivity contribution in [3.8, 4) is 11.8 Å². The fourth-order valence-electron chi connectivity index (χ4n) is 1.62. The highest BCUT2D eigenvalue weighted by molar-refractivity contribution is 7.98. The molecule has 0 aliphatic carbocycles. The molecule has 0 saturated carbocycles. The van der Waals surface area contributed by atoms with E-state index in [1.165, 1.54) is 0 Å². The van der Waals surface area contributed by atoms with Crippen molar-refractivity contribution in [1.82, 2.24) is 9.97 Å². The molecule has 1 N–H and O–H groups in total. The maximum atomic E-state index is 8.77. The molecular formula is C16H16N2OS. The van der Waals surface area contributed by atoms with Crippen LogP contribution in [-0.4, -0.2) is 21.7 Å². The van der Waals surface area contributed by atoms with Crippen molar-refractivity contribution in [2.24, 2.45) is 0 Å². The SMILES string of the molecule is Cc1ccnc(SCc2ccccc2C#CCCO)n1. The first-order valence-corrected chi connectivity index (χ1v) is 7.38. The van der Waals surface area contributed by atoms with Crippen LogP contribution >= 0.6 is 11.8 Å². The summed E-state index contributed by atoms with van der Waals surface area (Å²) in [6.07, 6.45) is 2.28. The zero-order valence-corrected chi connectivity index (χ0v) is 12.2. The Labute approximate surface area is 123 Å². The van der Waals surface area contributed by atoms with E-state index in [0.717, 1.165) is 27.7 Å². The quantitative estimate of drug-likeness (QED) is 0.533. The Kier molecular flexibility index (Phi) is 5.60. The van der Waals surface area contributed by atoms with Crippen LogP contribution in [0.1, 0.15) is 23.2 Å². The fraction of sp³-hybridized carbons (Fsp3) is 0.250. The first-order chi connectivity index (χ1) is 9.79. The molecule has 0 aliphatic heterocycles. The molecule has 0 spiro atoms. The second-order valence-electron chi connectivity index (χ2n) is 4.20. The van der Waals surface area contributed by atoms with Crippen LogP contribution < -0.4 is 0 Å². The first kappa shape index (κ1) is 14.6. The van der Waals surface area contributed by atoms with E-state index in [1.54, 1.807) is 18.0 Å². The van der Waals surface area contributed by atoms with E-state index in [-0.39, 0.29) is 6.61 Å². The van der Waals surface area contributed by atoms with Gasteiger partial charge in [0.1, 0.15) is 0 Å². The Balaban J connectivity index is 2.08. The van der Waals surface area contributed by atoms with Crippen molar-refractivity contribution in [2.45, 2.75) is 24.3 Å². The van der Waals surface area contributed by atoms with Crippen LogP contribution in [0.15, 0.2) is 41.7 Å². The van der Waals surface area contributed by atoms with Crippen LogP contribution in [0, 0.1) is 18.8 Å². The van der Waals surface area contributed by atoms with E-state index < -0.39 is 0 Å². The van der Waals surface area contributed by atoms with Crippen LogP contribution in [0.2, 0.25) is 0 Å². The number of aliphatic hydroxyl groups excluding tert-OH is 1. The number of thioether (sulfide) groups is 1. The topological polar surface area (TPSA) is 46.0 Å². The molecule has 0 radical (unpaired) electrons. The molecule has 4 heteroatoms. The predicted octanol–water partition coefficient (Wildman–Crippen LogP) is 2.81. The molecule has 1 heterocycles. The zero-order valence-electron chi connectivity index (χ0n) is 11.3. The molecule has 0 amide bonds. The number of hydrogen-bond acceptors (Lipinski definition) is 4. The number of aromatic nitrogens is 2. The largest absolute Gasteiger partial charge is 0.395 e. The lowest BCUT2D eigenvalue weighted by molar-refractivity contribution is 0.305. The zero-order chi connectivity index (χ0) is 14.2. The van der Waals surface area contributed by atoms with E-state index in [2.05, 4.69) is 27.9 Å². The van der Waals surface area contributed by atoms with Crippen LogP contribution in [0.3, 0.4) is 0 Å². The van der Waals surface area contributed by atoms with Gasteiger partial charge in [0.2, 0.25) is 0 Å². The first-order valence-electron chi connectivity index (χ1n) is 6.39. The molecule has 0 aliphatic rings. The van der Waals surface area contributed by atoms with Gasteiger partial charge in [-0.05, 0) is 24.6 Å². The molecule has 0 unspecified atom stereocenters. The molecule has 0 atom stereocenters. The van der Waals surface area contributed by atoms with Crippen LogP contribution in [-0.2, 0) is 5.75 Å². The minimum absolute atomic E-state index is 0.0983. The predicted molar refractivity (Wildman–Crippen MR) is 81.4 cm³/mol. The molecule has 20 heavy (non-hydrogen) atoms. The second-order valence-corrected chi connectivity index (χ2v) is 5.14. The van der Waals surface area contributed by atoms with Crippen molar-refractivity contribution in [3.05, 3.63) is 53.3 Å². The molecule has 0 bridgehead atoms. The summed E-state index contributed by atoms with van der Waals surface area (Å²) in [7, 11) is 0. The molecule has 3 nitrogen and oxygen atoms in total. The third kappa shape index (κ3) is 4.37. The maximum absolute atomic E-state index is 8.77. The minimum Gasteiger partial charge on any atom is -0.395 e. The van der Waals surface area contributed by atoms with Crippen molar-refractivity contribution in [2.75, 3.05) is 6.61 Å². The van der Waals surface area contributed by atoms with Gasteiger partial charge in [-0.1, -0.05) is 41.8 Å². The van der Waals surface area contributed by atoms with Gasteiger partial charge in [0.05, 0.1) is 6.61 Å². The molecule has 2 rings (SSSR count). The number of nitrogens with zero attached hydrogens (tertiary/aromatic N) is 2. The van der Waals surface area contributed by atoms with E-state index in [4.69, 9.17) is 5.11 Å². The minimum atomic E-state index is 0.0983. The van der Waals surface area contributed by atoms with Crippen molar-refractivity contribution >= 4 is 11.8 Å². The lowest BCUT2D eigenvalue weighted by Crippen LogP contribution is -1.91. The van der Waals surface area contributed by atoms with Gasteiger partial charge in [0.25, 0.3) is 0 Å². The lowest BCUT2D eigenvalue weighted by Gasteiger charge is -2.04. The number of benzene rings is 1. The molecule has 2 aromatic rings. The van der Waals surface area contributed by atoms with Crippen LogP contribution in [0.25, 0.3) is 0 Å². The van der Waals surface area contributed by atoms with Crippen molar-refractivity contribution in [3.63, 3.8) is 0 Å². The summed E-state index contributed by atoms with van der Waals surface area (Å²) in [4.78, 5) is 8.62. The Morgan fingerprint density at radius 1 is 1.25 bits per heavy atom. The highest BCUT2D eigenvalue weighted by atomic mass is 32.2. The normalized spacial score (nSPS) is 9.90. The van der Waals surface area contributed by atoms with E-state index >= 15 is 0 Å². The highest BCUT2D eigenvalue weighted by Crippen LogP contribution is 2.21. The molecule has 1 aromatic heterocycles. The van der Waals surface area contributed by atoms with Gasteiger partial charge in [0.15, 0.2) is 5.16 Å².